The molecule has 0 saturated heterocycles. The number of carbonyl (C=O) groups excluding carboxylic acids is 2. The summed E-state index contributed by atoms with van der Waals surface area (Å²) in [5.41, 5.74) is 0.439. The predicted octanol–water partition coefficient (Wildman–Crippen LogP) is 6.10. The van der Waals surface area contributed by atoms with Crippen molar-refractivity contribution in [3.8, 4) is 0 Å². The highest BCUT2D eigenvalue weighted by Crippen LogP contribution is 2.11. The lowest BCUT2D eigenvalue weighted by Crippen LogP contribution is -2.23. The van der Waals surface area contributed by atoms with E-state index in [2.05, 4.69) is 6.92 Å². The molecule has 7 heteroatoms. The minimum absolute atomic E-state index is 0.292. The third-order valence-electron chi connectivity index (χ3n) is 4.70. The fourth-order valence-corrected chi connectivity index (χ4v) is 3.03. The van der Waals surface area contributed by atoms with E-state index in [0.29, 0.717) is 5.56 Å². The Bertz CT molecular complexity index is 613. The van der Waals surface area contributed by atoms with Gasteiger partial charge < -0.3 is 23.5 Å². The summed E-state index contributed by atoms with van der Waals surface area (Å²) < 4.78 is 22.4. The lowest BCUT2D eigenvalue weighted by Gasteiger charge is -2.14. The van der Waals surface area contributed by atoms with Gasteiger partial charge in [0.15, 0.2) is 0 Å². The Labute approximate surface area is 187 Å². The molecule has 0 aliphatic carbocycles. The van der Waals surface area contributed by atoms with Crippen molar-refractivity contribution in [2.45, 2.75) is 104 Å². The molecular weight excluding hydrogens is 398 g/mol. The molecule has 1 unspecified atom stereocenters. The first kappa shape index (κ1) is 27.0. The van der Waals surface area contributed by atoms with Crippen LogP contribution in [0, 0.1) is 0 Å². The lowest BCUT2D eigenvalue weighted by molar-refractivity contribution is -0.0866. The SMILES string of the molecule is CCCCOCCCCCCCCCn1ccc(C(=O)OC(C)OC(=O)OC(C)C)c1. The summed E-state index contributed by atoms with van der Waals surface area (Å²) >= 11 is 0. The van der Waals surface area contributed by atoms with Crippen LogP contribution in [0.15, 0.2) is 18.5 Å². The van der Waals surface area contributed by atoms with Crippen LogP contribution in [0.3, 0.4) is 0 Å². The molecule has 0 spiro atoms. The number of hydrogen-bond acceptors (Lipinski definition) is 6. The van der Waals surface area contributed by atoms with E-state index >= 15 is 0 Å². The maximum absolute atomic E-state index is 12.2. The van der Waals surface area contributed by atoms with E-state index in [1.807, 2.05) is 10.8 Å². The van der Waals surface area contributed by atoms with Crippen molar-refractivity contribution in [3.63, 3.8) is 0 Å². The molecule has 0 aliphatic rings. The molecule has 31 heavy (non-hydrogen) atoms. The van der Waals surface area contributed by atoms with Crippen LogP contribution >= 0.6 is 0 Å². The van der Waals surface area contributed by atoms with Crippen LogP contribution in [-0.2, 0) is 25.5 Å². The number of unbranched alkanes of at least 4 members (excludes halogenated alkanes) is 7. The van der Waals surface area contributed by atoms with Gasteiger partial charge in [-0.25, -0.2) is 9.59 Å². The zero-order valence-corrected chi connectivity index (χ0v) is 19.8. The summed E-state index contributed by atoms with van der Waals surface area (Å²) in [6.45, 7) is 9.75. The van der Waals surface area contributed by atoms with Crippen LogP contribution in [0.1, 0.15) is 95.8 Å². The maximum Gasteiger partial charge on any atom is 0.511 e. The molecule has 7 nitrogen and oxygen atoms in total. The molecule has 1 atom stereocenters. The molecule has 0 N–H and O–H groups in total. The van der Waals surface area contributed by atoms with Gasteiger partial charge in [-0.15, -0.1) is 0 Å². The molecule has 1 aromatic heterocycles. The Kier molecular flexibility index (Phi) is 14.5. The van der Waals surface area contributed by atoms with Crippen LogP contribution in [0.25, 0.3) is 0 Å². The molecule has 0 saturated carbocycles. The van der Waals surface area contributed by atoms with E-state index in [4.69, 9.17) is 18.9 Å². The van der Waals surface area contributed by atoms with Crippen molar-refractivity contribution in [1.82, 2.24) is 4.57 Å². The second kappa shape index (κ2) is 16.6. The standard InChI is InChI=1S/C24H41NO6/c1-5-6-17-28-18-13-11-9-7-8-10-12-15-25-16-14-22(19-25)23(26)30-21(4)31-24(27)29-20(2)3/h14,16,19-21H,5-13,15,17-18H2,1-4H3. The summed E-state index contributed by atoms with van der Waals surface area (Å²) in [4.78, 5) is 23.6. The molecule has 0 fully saturated rings. The molecule has 1 rings (SSSR count). The highest BCUT2D eigenvalue weighted by molar-refractivity contribution is 5.89. The van der Waals surface area contributed by atoms with Crippen molar-refractivity contribution >= 4 is 12.1 Å². The number of hydrogen-bond donors (Lipinski definition) is 0. The molecule has 0 aliphatic heterocycles. The van der Waals surface area contributed by atoms with Gasteiger partial charge in [0.25, 0.3) is 0 Å². The largest absolute Gasteiger partial charge is 0.511 e. The average molecular weight is 440 g/mol. The zero-order chi connectivity index (χ0) is 22.9. The van der Waals surface area contributed by atoms with Crippen molar-refractivity contribution in [2.24, 2.45) is 0 Å². The number of ether oxygens (including phenoxy) is 4. The summed E-state index contributed by atoms with van der Waals surface area (Å²) in [7, 11) is 0. The number of aryl methyl sites for hydroxylation is 1. The van der Waals surface area contributed by atoms with Crippen LogP contribution < -0.4 is 0 Å². The Morgan fingerprint density at radius 1 is 0.871 bits per heavy atom. The molecule has 0 aromatic carbocycles. The fraction of sp³-hybridized carbons (Fsp3) is 0.750. The van der Waals surface area contributed by atoms with Crippen molar-refractivity contribution in [1.29, 1.82) is 0 Å². The van der Waals surface area contributed by atoms with Crippen LogP contribution in [0.4, 0.5) is 4.79 Å². The third-order valence-corrected chi connectivity index (χ3v) is 4.70. The summed E-state index contributed by atoms with van der Waals surface area (Å²) in [5, 5.41) is 0. The first-order valence-electron chi connectivity index (χ1n) is 11.7. The molecule has 1 aromatic rings. The summed E-state index contributed by atoms with van der Waals surface area (Å²) in [5.74, 6) is -0.526. The van der Waals surface area contributed by atoms with Gasteiger partial charge >= 0.3 is 12.1 Å². The van der Waals surface area contributed by atoms with Gasteiger partial charge in [-0.3, -0.25) is 0 Å². The van der Waals surface area contributed by atoms with Gasteiger partial charge in [-0.1, -0.05) is 45.4 Å². The molecule has 1 heterocycles. The van der Waals surface area contributed by atoms with Crippen LogP contribution in [0.2, 0.25) is 0 Å². The normalized spacial score (nSPS) is 12.0. The van der Waals surface area contributed by atoms with E-state index in [0.717, 1.165) is 39.0 Å². The van der Waals surface area contributed by atoms with Crippen molar-refractivity contribution in [2.75, 3.05) is 13.2 Å². The highest BCUT2D eigenvalue weighted by Gasteiger charge is 2.18. The average Bonchev–Trinajstić information content (AvgIpc) is 3.17. The number of esters is 1. The Morgan fingerprint density at radius 2 is 1.52 bits per heavy atom. The summed E-state index contributed by atoms with van der Waals surface area (Å²) in [6.07, 6.45) is 12.2. The number of carbonyl (C=O) groups is 2. The molecule has 0 bridgehead atoms. The monoisotopic (exact) mass is 439 g/mol. The van der Waals surface area contributed by atoms with E-state index in [-0.39, 0.29) is 6.10 Å². The second-order valence-corrected chi connectivity index (χ2v) is 8.09. The minimum atomic E-state index is -1.01. The fourth-order valence-electron chi connectivity index (χ4n) is 3.03. The number of rotatable bonds is 17. The molecule has 0 amide bonds. The topological polar surface area (TPSA) is 76.0 Å². The highest BCUT2D eigenvalue weighted by atomic mass is 16.8. The summed E-state index contributed by atoms with van der Waals surface area (Å²) in [6, 6.07) is 1.71. The lowest BCUT2D eigenvalue weighted by atomic mass is 10.1. The van der Waals surface area contributed by atoms with E-state index in [9.17, 15) is 9.59 Å². The first-order valence-corrected chi connectivity index (χ1v) is 11.7. The van der Waals surface area contributed by atoms with E-state index in [1.54, 1.807) is 26.1 Å². The van der Waals surface area contributed by atoms with Crippen LogP contribution in [0.5, 0.6) is 0 Å². The van der Waals surface area contributed by atoms with Crippen molar-refractivity contribution in [3.05, 3.63) is 24.0 Å². The smallest absolute Gasteiger partial charge is 0.431 e. The molecule has 0 radical (unpaired) electrons. The molecular formula is C24H41NO6. The first-order chi connectivity index (χ1) is 14.9. The molecule has 178 valence electrons. The van der Waals surface area contributed by atoms with Crippen molar-refractivity contribution < 1.29 is 28.5 Å². The predicted molar refractivity (Wildman–Crippen MR) is 120 cm³/mol. The van der Waals surface area contributed by atoms with Gasteiger partial charge in [-0.2, -0.15) is 0 Å². The van der Waals surface area contributed by atoms with Gasteiger partial charge in [0.2, 0.25) is 6.29 Å². The Hall–Kier alpha value is -2.02. The second-order valence-electron chi connectivity index (χ2n) is 8.09. The Balaban J connectivity index is 2.10. The van der Waals surface area contributed by atoms with E-state index in [1.165, 1.54) is 45.4 Å². The maximum atomic E-state index is 12.2. The minimum Gasteiger partial charge on any atom is -0.431 e. The third kappa shape index (κ3) is 13.8. The van der Waals surface area contributed by atoms with Gasteiger partial charge in [0.1, 0.15) is 0 Å². The quantitative estimate of drug-likeness (QED) is 0.166. The Morgan fingerprint density at radius 3 is 2.19 bits per heavy atom. The van der Waals surface area contributed by atoms with Gasteiger partial charge in [0, 0.05) is 39.1 Å². The zero-order valence-electron chi connectivity index (χ0n) is 19.8. The van der Waals surface area contributed by atoms with Crippen LogP contribution in [-0.4, -0.2) is 42.3 Å². The number of nitrogens with zero attached hydrogens (tertiary/aromatic N) is 1. The van der Waals surface area contributed by atoms with Gasteiger partial charge in [-0.05, 0) is 39.2 Å². The van der Waals surface area contributed by atoms with Gasteiger partial charge in [0.05, 0.1) is 11.7 Å². The van der Waals surface area contributed by atoms with E-state index < -0.39 is 18.4 Å². The number of aromatic nitrogens is 1.